The number of hydrogen-bond acceptors (Lipinski definition) is 4. The Labute approximate surface area is 61.6 Å². The minimum Gasteiger partial charge on any atom is -0.504 e. The molecular formula is C5H7N3O3. The molecule has 1 heterocycles. The third-order valence-corrected chi connectivity index (χ3v) is 1.21. The fraction of sp³-hybridized carbons (Fsp3) is 0.200. The van der Waals surface area contributed by atoms with E-state index >= 15 is 0 Å². The molecule has 6 nitrogen and oxygen atoms in total. The van der Waals surface area contributed by atoms with E-state index in [1.165, 1.54) is 0 Å². The van der Waals surface area contributed by atoms with Crippen molar-refractivity contribution in [2.75, 3.05) is 0 Å². The van der Waals surface area contributed by atoms with Gasteiger partial charge in [0.25, 0.3) is 5.91 Å². The Hall–Kier alpha value is -1.56. The van der Waals surface area contributed by atoms with Crippen molar-refractivity contribution >= 4 is 5.91 Å². The third kappa shape index (κ3) is 1.15. The highest BCUT2D eigenvalue weighted by Gasteiger charge is 2.14. The van der Waals surface area contributed by atoms with Crippen LogP contribution in [0.4, 0.5) is 0 Å². The predicted molar refractivity (Wildman–Crippen MR) is 34.7 cm³/mol. The number of aromatic amines is 1. The van der Waals surface area contributed by atoms with Gasteiger partial charge in [0.1, 0.15) is 5.69 Å². The number of carbonyl (C=O) groups excluding carboxylic acids is 1. The molecule has 1 amide bonds. The first-order chi connectivity index (χ1) is 5.16. The first-order valence-corrected chi connectivity index (χ1v) is 2.83. The van der Waals surface area contributed by atoms with Gasteiger partial charge in [-0.15, -0.1) is 0 Å². The number of aliphatic hydroxyl groups is 1. The lowest BCUT2D eigenvalue weighted by molar-refractivity contribution is 0.0993. The smallest absolute Gasteiger partial charge is 0.270 e. The van der Waals surface area contributed by atoms with Crippen molar-refractivity contribution in [1.82, 2.24) is 10.2 Å². The number of aromatic hydroxyl groups is 1. The van der Waals surface area contributed by atoms with Crippen LogP contribution in [0.5, 0.6) is 5.75 Å². The summed E-state index contributed by atoms with van der Waals surface area (Å²) in [6.45, 7) is -0.435. The zero-order valence-corrected chi connectivity index (χ0v) is 5.53. The van der Waals surface area contributed by atoms with Gasteiger partial charge in [0.15, 0.2) is 11.4 Å². The van der Waals surface area contributed by atoms with Crippen LogP contribution in [0.2, 0.25) is 0 Å². The molecule has 1 aromatic heterocycles. The van der Waals surface area contributed by atoms with Gasteiger partial charge in [0, 0.05) is 0 Å². The molecule has 6 heteroatoms. The molecule has 0 fully saturated rings. The number of nitrogens with one attached hydrogen (secondary N) is 1. The van der Waals surface area contributed by atoms with Gasteiger partial charge in [-0.05, 0) is 0 Å². The number of aromatic nitrogens is 2. The molecule has 1 aromatic rings. The first kappa shape index (κ1) is 7.55. The van der Waals surface area contributed by atoms with E-state index in [0.717, 1.165) is 0 Å². The second kappa shape index (κ2) is 2.59. The molecule has 1 rings (SSSR count). The van der Waals surface area contributed by atoms with Crippen molar-refractivity contribution in [1.29, 1.82) is 0 Å². The van der Waals surface area contributed by atoms with E-state index in [1.54, 1.807) is 0 Å². The Morgan fingerprint density at radius 2 is 2.36 bits per heavy atom. The van der Waals surface area contributed by atoms with Crippen molar-refractivity contribution in [3.63, 3.8) is 0 Å². The van der Waals surface area contributed by atoms with Gasteiger partial charge in [-0.3, -0.25) is 9.89 Å². The monoisotopic (exact) mass is 157 g/mol. The summed E-state index contributed by atoms with van der Waals surface area (Å²) in [7, 11) is 0. The maximum absolute atomic E-state index is 10.5. The summed E-state index contributed by atoms with van der Waals surface area (Å²) < 4.78 is 0. The van der Waals surface area contributed by atoms with E-state index in [0.29, 0.717) is 0 Å². The zero-order valence-electron chi connectivity index (χ0n) is 5.53. The Kier molecular flexibility index (Phi) is 1.77. The highest BCUT2D eigenvalue weighted by Crippen LogP contribution is 2.17. The van der Waals surface area contributed by atoms with Gasteiger partial charge >= 0.3 is 0 Å². The molecule has 5 N–H and O–H groups in total. The number of H-pyrrole nitrogens is 1. The summed E-state index contributed by atoms with van der Waals surface area (Å²) in [5, 5.41) is 23.2. The number of hydrogen-bond donors (Lipinski definition) is 4. The lowest BCUT2D eigenvalue weighted by Crippen LogP contribution is -2.11. The SMILES string of the molecule is NC(=O)c1[nH]nc(CO)c1O. The van der Waals surface area contributed by atoms with E-state index in [9.17, 15) is 4.79 Å². The normalized spacial score (nSPS) is 9.91. The average molecular weight is 157 g/mol. The van der Waals surface area contributed by atoms with Crippen molar-refractivity contribution < 1.29 is 15.0 Å². The molecule has 11 heavy (non-hydrogen) atoms. The molecule has 0 aliphatic carbocycles. The number of amides is 1. The Morgan fingerprint density at radius 1 is 1.73 bits per heavy atom. The van der Waals surface area contributed by atoms with Crippen LogP contribution < -0.4 is 5.73 Å². The standard InChI is InChI=1S/C5H7N3O3/c6-5(11)3-4(10)2(1-9)7-8-3/h9-10H,1H2,(H2,6,11)(H,7,8). The van der Waals surface area contributed by atoms with Crippen molar-refractivity contribution in [3.05, 3.63) is 11.4 Å². The van der Waals surface area contributed by atoms with Crippen molar-refractivity contribution in [3.8, 4) is 5.75 Å². The second-order valence-corrected chi connectivity index (χ2v) is 1.92. The van der Waals surface area contributed by atoms with Crippen LogP contribution >= 0.6 is 0 Å². The van der Waals surface area contributed by atoms with Gasteiger partial charge in [0.2, 0.25) is 0 Å². The minimum absolute atomic E-state index is 0.0128. The quantitative estimate of drug-likeness (QED) is 0.427. The molecule has 60 valence electrons. The highest BCUT2D eigenvalue weighted by atomic mass is 16.3. The minimum atomic E-state index is -0.810. The topological polar surface area (TPSA) is 112 Å². The molecule has 0 unspecified atom stereocenters. The van der Waals surface area contributed by atoms with Crippen LogP contribution in [0, 0.1) is 0 Å². The van der Waals surface area contributed by atoms with Crippen LogP contribution in [-0.2, 0) is 6.61 Å². The fourth-order valence-electron chi connectivity index (χ4n) is 0.656. The van der Waals surface area contributed by atoms with E-state index in [4.69, 9.17) is 15.9 Å². The lowest BCUT2D eigenvalue weighted by atomic mass is 10.3. The van der Waals surface area contributed by atoms with Gasteiger partial charge < -0.3 is 15.9 Å². The van der Waals surface area contributed by atoms with Gasteiger partial charge in [-0.2, -0.15) is 5.10 Å². The molecule has 0 spiro atoms. The molecule has 0 atom stereocenters. The Morgan fingerprint density at radius 3 is 2.64 bits per heavy atom. The molecule has 0 aromatic carbocycles. The van der Waals surface area contributed by atoms with Gasteiger partial charge in [-0.1, -0.05) is 0 Å². The molecule has 0 saturated heterocycles. The number of rotatable bonds is 2. The number of nitrogens with zero attached hydrogens (tertiary/aromatic N) is 1. The van der Waals surface area contributed by atoms with Crippen LogP contribution in [0.15, 0.2) is 0 Å². The van der Waals surface area contributed by atoms with Crippen molar-refractivity contribution in [2.24, 2.45) is 5.73 Å². The Balaban J connectivity index is 3.10. The molecule has 0 bridgehead atoms. The average Bonchev–Trinajstić information content (AvgIpc) is 2.30. The summed E-state index contributed by atoms with van der Waals surface area (Å²) in [6, 6.07) is 0. The second-order valence-electron chi connectivity index (χ2n) is 1.92. The van der Waals surface area contributed by atoms with Crippen LogP contribution in [0.1, 0.15) is 16.2 Å². The van der Waals surface area contributed by atoms with Gasteiger partial charge in [-0.25, -0.2) is 0 Å². The number of aliphatic hydroxyl groups excluding tert-OH is 1. The maximum Gasteiger partial charge on any atom is 0.270 e. The number of primary amides is 1. The molecule has 0 saturated carbocycles. The lowest BCUT2D eigenvalue weighted by Gasteiger charge is -1.90. The van der Waals surface area contributed by atoms with Crippen LogP contribution in [0.3, 0.4) is 0 Å². The van der Waals surface area contributed by atoms with Gasteiger partial charge in [0.05, 0.1) is 6.61 Å². The molecular weight excluding hydrogens is 150 g/mol. The summed E-state index contributed by atoms with van der Waals surface area (Å²) in [5.41, 5.74) is 4.66. The van der Waals surface area contributed by atoms with Crippen LogP contribution in [0.25, 0.3) is 0 Å². The fourth-order valence-corrected chi connectivity index (χ4v) is 0.656. The number of nitrogens with two attached hydrogens (primary N) is 1. The summed E-state index contributed by atoms with van der Waals surface area (Å²) >= 11 is 0. The van der Waals surface area contributed by atoms with E-state index in [2.05, 4.69) is 10.2 Å². The summed E-state index contributed by atoms with van der Waals surface area (Å²) in [5.74, 6) is -1.20. The molecule has 0 aliphatic rings. The highest BCUT2D eigenvalue weighted by molar-refractivity contribution is 5.93. The van der Waals surface area contributed by atoms with E-state index < -0.39 is 12.5 Å². The Bertz CT molecular complexity index is 281. The van der Waals surface area contributed by atoms with Crippen molar-refractivity contribution in [2.45, 2.75) is 6.61 Å². The molecule has 0 aliphatic heterocycles. The zero-order chi connectivity index (χ0) is 8.43. The first-order valence-electron chi connectivity index (χ1n) is 2.83. The molecule has 0 radical (unpaired) electrons. The van der Waals surface area contributed by atoms with E-state index in [-0.39, 0.29) is 17.1 Å². The third-order valence-electron chi connectivity index (χ3n) is 1.21. The summed E-state index contributed by atoms with van der Waals surface area (Å²) in [6.07, 6.45) is 0. The largest absolute Gasteiger partial charge is 0.504 e. The van der Waals surface area contributed by atoms with Crippen LogP contribution in [-0.4, -0.2) is 26.3 Å². The summed E-state index contributed by atoms with van der Waals surface area (Å²) in [4.78, 5) is 10.5. The maximum atomic E-state index is 10.5. The number of carbonyl (C=O) groups is 1. The van der Waals surface area contributed by atoms with E-state index in [1.807, 2.05) is 0 Å². The predicted octanol–water partition coefficient (Wildman–Crippen LogP) is -1.29.